The number of hydrogen-bond acceptors (Lipinski definition) is 5. The maximum absolute atomic E-state index is 6.31. The van der Waals surface area contributed by atoms with Gasteiger partial charge in [0.05, 0.1) is 16.8 Å². The van der Waals surface area contributed by atoms with E-state index in [4.69, 9.17) is 11.6 Å². The number of hydrazone groups is 1. The van der Waals surface area contributed by atoms with E-state index in [-0.39, 0.29) is 18.1 Å². The first-order valence-electron chi connectivity index (χ1n) is 10.2. The van der Waals surface area contributed by atoms with E-state index in [1.165, 1.54) is 5.57 Å². The first-order valence-corrected chi connectivity index (χ1v) is 10.5. The molecule has 0 bridgehead atoms. The normalized spacial score (nSPS) is 16.2. The number of para-hydroxylation sites is 1. The van der Waals surface area contributed by atoms with Crippen LogP contribution in [0, 0.1) is 5.92 Å². The zero-order chi connectivity index (χ0) is 22.0. The van der Waals surface area contributed by atoms with Crippen molar-refractivity contribution in [2.45, 2.75) is 59.2 Å². The van der Waals surface area contributed by atoms with E-state index < -0.39 is 0 Å². The van der Waals surface area contributed by atoms with Crippen molar-refractivity contribution < 1.29 is 0 Å². The van der Waals surface area contributed by atoms with E-state index in [2.05, 4.69) is 68.2 Å². The number of halogens is 1. The molecule has 0 saturated carbocycles. The van der Waals surface area contributed by atoms with Gasteiger partial charge < -0.3 is 5.32 Å². The Labute approximate surface area is 181 Å². The number of anilines is 1. The molecule has 1 N–H and O–H groups in total. The Morgan fingerprint density at radius 3 is 2.48 bits per heavy atom. The minimum Gasteiger partial charge on any atom is -0.377 e. The molecule has 0 amide bonds. The fourth-order valence-electron chi connectivity index (χ4n) is 2.89. The van der Waals surface area contributed by atoms with Gasteiger partial charge in [-0.2, -0.15) is 10.2 Å². The van der Waals surface area contributed by atoms with Crippen molar-refractivity contribution in [2.24, 2.45) is 21.4 Å². The van der Waals surface area contributed by atoms with Crippen molar-refractivity contribution >= 4 is 24.0 Å². The van der Waals surface area contributed by atoms with Crippen LogP contribution in [0.4, 0.5) is 5.69 Å². The zero-order valence-corrected chi connectivity index (χ0v) is 19.7. The predicted molar refractivity (Wildman–Crippen MR) is 126 cm³/mol. The van der Waals surface area contributed by atoms with Crippen LogP contribution >= 0.6 is 11.6 Å². The Morgan fingerprint density at radius 1 is 1.24 bits per heavy atom. The van der Waals surface area contributed by atoms with Gasteiger partial charge in [-0.3, -0.25) is 10.0 Å². The molecule has 0 heterocycles. The molecule has 29 heavy (non-hydrogen) atoms. The van der Waals surface area contributed by atoms with Crippen LogP contribution in [0.15, 0.2) is 51.4 Å². The summed E-state index contributed by atoms with van der Waals surface area (Å²) >= 11 is 6.31. The summed E-state index contributed by atoms with van der Waals surface area (Å²) in [6.45, 7) is 14.9. The second-order valence-electron chi connectivity index (χ2n) is 7.64. The molecule has 0 spiro atoms. The lowest BCUT2D eigenvalue weighted by Gasteiger charge is -2.29. The maximum atomic E-state index is 6.31. The van der Waals surface area contributed by atoms with Crippen molar-refractivity contribution in [3.8, 4) is 0 Å². The van der Waals surface area contributed by atoms with Gasteiger partial charge in [-0.25, -0.2) is 0 Å². The molecule has 0 fully saturated rings. The molecule has 2 unspecified atom stereocenters. The molecule has 0 aliphatic heterocycles. The monoisotopic (exact) mass is 420 g/mol. The van der Waals surface area contributed by atoms with Crippen LogP contribution in [0.1, 0.15) is 41.0 Å². The van der Waals surface area contributed by atoms with E-state index in [0.717, 1.165) is 23.7 Å². The van der Waals surface area contributed by atoms with Gasteiger partial charge in [0, 0.05) is 45.4 Å². The summed E-state index contributed by atoms with van der Waals surface area (Å²) in [5.41, 5.74) is 2.21. The van der Waals surface area contributed by atoms with Gasteiger partial charge in [0.1, 0.15) is 0 Å². The summed E-state index contributed by atoms with van der Waals surface area (Å²) in [6.07, 6.45) is 3.02. The van der Waals surface area contributed by atoms with Crippen LogP contribution in [-0.2, 0) is 0 Å². The number of rotatable bonds is 12. The van der Waals surface area contributed by atoms with E-state index in [0.29, 0.717) is 5.92 Å². The molecule has 4 atom stereocenters. The Bertz CT molecular complexity index is 690. The third kappa shape index (κ3) is 8.05. The summed E-state index contributed by atoms with van der Waals surface area (Å²) in [7, 11) is 3.89. The quantitative estimate of drug-likeness (QED) is 0.203. The summed E-state index contributed by atoms with van der Waals surface area (Å²) in [5, 5.41) is 20.9. The molecular formula is C22H37ClN6. The van der Waals surface area contributed by atoms with Gasteiger partial charge in [-0.05, 0) is 46.2 Å². The van der Waals surface area contributed by atoms with Crippen LogP contribution in [0.2, 0.25) is 5.02 Å². The SMILES string of the molecule is C=NN(C)C(C)[C@@H](C)[C@H](C)N=NN(C)CCC(Nc1ccccc1Cl)/C(C)=C/C. The standard InChI is InChI=1S/C22H37ClN6/c1-9-16(2)21(25-22-13-11-10-12-20(22)23)14-15-28(7)27-26-18(4)17(3)19(5)29(8)24-6/h9-13,17-19,21,25H,6,14-15H2,1-5,7-8H3/b16-9+,27-26?/t17-,18-,19?,21?/m0/s1. The number of hydrogen-bond donors (Lipinski definition) is 1. The number of allylic oxidation sites excluding steroid dienone is 1. The number of nitrogens with zero attached hydrogens (tertiary/aromatic N) is 5. The molecule has 6 nitrogen and oxygen atoms in total. The lowest BCUT2D eigenvalue weighted by Crippen LogP contribution is -2.35. The second kappa shape index (κ2) is 12.5. The zero-order valence-electron chi connectivity index (χ0n) is 18.9. The van der Waals surface area contributed by atoms with Crippen molar-refractivity contribution in [3.63, 3.8) is 0 Å². The highest BCUT2D eigenvalue weighted by molar-refractivity contribution is 6.33. The van der Waals surface area contributed by atoms with E-state index in [1.807, 2.05) is 48.4 Å². The molecule has 1 aromatic rings. The van der Waals surface area contributed by atoms with Crippen molar-refractivity contribution in [3.05, 3.63) is 40.9 Å². The highest BCUT2D eigenvalue weighted by Crippen LogP contribution is 2.24. The molecule has 0 saturated heterocycles. The van der Waals surface area contributed by atoms with Crippen molar-refractivity contribution in [2.75, 3.05) is 26.0 Å². The first-order chi connectivity index (χ1) is 13.7. The molecule has 7 heteroatoms. The van der Waals surface area contributed by atoms with Crippen LogP contribution < -0.4 is 5.32 Å². The van der Waals surface area contributed by atoms with E-state index in [9.17, 15) is 0 Å². The summed E-state index contributed by atoms with van der Waals surface area (Å²) < 4.78 is 0. The summed E-state index contributed by atoms with van der Waals surface area (Å²) in [6, 6.07) is 8.33. The van der Waals surface area contributed by atoms with E-state index in [1.54, 1.807) is 0 Å². The molecule has 0 aliphatic rings. The second-order valence-corrected chi connectivity index (χ2v) is 8.05. The fraction of sp³-hybridized carbons (Fsp3) is 0.591. The van der Waals surface area contributed by atoms with E-state index >= 15 is 0 Å². The van der Waals surface area contributed by atoms with Gasteiger partial charge in [0.25, 0.3) is 0 Å². The van der Waals surface area contributed by atoms with Gasteiger partial charge in [0.2, 0.25) is 0 Å². The highest BCUT2D eigenvalue weighted by Gasteiger charge is 2.22. The average molecular weight is 421 g/mol. The topological polar surface area (TPSA) is 55.6 Å². The van der Waals surface area contributed by atoms with Crippen LogP contribution in [0.25, 0.3) is 0 Å². The average Bonchev–Trinajstić information content (AvgIpc) is 2.73. The Kier molecular flexibility index (Phi) is 10.7. The minimum atomic E-state index is 0.0889. The molecule has 0 aromatic heterocycles. The fourth-order valence-corrected chi connectivity index (χ4v) is 3.08. The van der Waals surface area contributed by atoms with Crippen LogP contribution in [0.5, 0.6) is 0 Å². The Morgan fingerprint density at radius 2 is 1.90 bits per heavy atom. The molecular weight excluding hydrogens is 384 g/mol. The van der Waals surface area contributed by atoms with Gasteiger partial charge in [-0.1, -0.05) is 47.5 Å². The Hall–Kier alpha value is -2.08. The smallest absolute Gasteiger partial charge is 0.0747 e. The molecule has 0 radical (unpaired) electrons. The number of nitrogens with one attached hydrogen (secondary N) is 1. The van der Waals surface area contributed by atoms with Gasteiger partial charge in [0.15, 0.2) is 0 Å². The lowest BCUT2D eigenvalue weighted by molar-refractivity contribution is 0.186. The predicted octanol–water partition coefficient (Wildman–Crippen LogP) is 5.74. The van der Waals surface area contributed by atoms with Gasteiger partial charge >= 0.3 is 0 Å². The molecule has 1 aromatic carbocycles. The summed E-state index contributed by atoms with van der Waals surface area (Å²) in [5.74, 6) is 0.308. The summed E-state index contributed by atoms with van der Waals surface area (Å²) in [4.78, 5) is 0. The third-order valence-electron chi connectivity index (χ3n) is 5.67. The van der Waals surface area contributed by atoms with Crippen LogP contribution in [0.3, 0.4) is 0 Å². The maximum Gasteiger partial charge on any atom is 0.0747 e. The highest BCUT2D eigenvalue weighted by atomic mass is 35.5. The van der Waals surface area contributed by atoms with Crippen LogP contribution in [-0.4, -0.2) is 55.5 Å². The van der Waals surface area contributed by atoms with Crippen molar-refractivity contribution in [1.29, 1.82) is 0 Å². The van der Waals surface area contributed by atoms with Crippen molar-refractivity contribution in [1.82, 2.24) is 10.0 Å². The van der Waals surface area contributed by atoms with Gasteiger partial charge in [-0.15, -0.1) is 0 Å². The minimum absolute atomic E-state index is 0.0889. The first kappa shape index (κ1) is 25.0. The molecule has 0 aliphatic carbocycles. The molecule has 1 rings (SSSR count). The third-order valence-corrected chi connectivity index (χ3v) is 6.00. The Balaban J connectivity index is 2.66. The lowest BCUT2D eigenvalue weighted by atomic mass is 9.96. The number of benzene rings is 1. The largest absolute Gasteiger partial charge is 0.377 e. The molecule has 162 valence electrons.